The summed E-state index contributed by atoms with van der Waals surface area (Å²) >= 11 is 0. The maximum absolute atomic E-state index is 13.7. The zero-order chi connectivity index (χ0) is 20.9. The van der Waals surface area contributed by atoms with E-state index in [2.05, 4.69) is 9.97 Å². The molecule has 0 saturated carbocycles. The van der Waals surface area contributed by atoms with Gasteiger partial charge in [-0.25, -0.2) is 4.98 Å². The van der Waals surface area contributed by atoms with Crippen molar-refractivity contribution < 1.29 is 9.53 Å². The van der Waals surface area contributed by atoms with Crippen LogP contribution in [0.4, 0.5) is 0 Å². The topological polar surface area (TPSA) is 59.7 Å². The molecule has 4 rings (SSSR count). The lowest BCUT2D eigenvalue weighted by Gasteiger charge is -2.23. The van der Waals surface area contributed by atoms with Crippen LogP contribution in [0.15, 0.2) is 73.1 Å². The summed E-state index contributed by atoms with van der Waals surface area (Å²) in [5.74, 6) is 0.579. The highest BCUT2D eigenvalue weighted by Crippen LogP contribution is 2.23. The number of nitrogens with zero attached hydrogens (tertiary/aromatic N) is 4. The summed E-state index contributed by atoms with van der Waals surface area (Å²) in [4.78, 5) is 24.5. The Morgan fingerprint density at radius 1 is 1.07 bits per heavy atom. The van der Waals surface area contributed by atoms with Gasteiger partial charge < -0.3 is 9.64 Å². The van der Waals surface area contributed by atoms with Crippen molar-refractivity contribution in [3.63, 3.8) is 0 Å². The van der Waals surface area contributed by atoms with E-state index in [1.54, 1.807) is 13.3 Å². The van der Waals surface area contributed by atoms with Gasteiger partial charge >= 0.3 is 0 Å². The van der Waals surface area contributed by atoms with Crippen LogP contribution < -0.4 is 4.74 Å². The fourth-order valence-corrected chi connectivity index (χ4v) is 3.57. The average molecular weight is 400 g/mol. The Morgan fingerprint density at radius 2 is 1.87 bits per heavy atom. The van der Waals surface area contributed by atoms with Crippen LogP contribution >= 0.6 is 0 Å². The zero-order valence-corrected chi connectivity index (χ0v) is 17.2. The van der Waals surface area contributed by atoms with Crippen LogP contribution in [0.1, 0.15) is 27.4 Å². The number of fused-ring (bicyclic) bond motifs is 1. The Bertz CT molecular complexity index is 1140. The smallest absolute Gasteiger partial charge is 0.273 e. The van der Waals surface area contributed by atoms with Gasteiger partial charge in [0.1, 0.15) is 5.69 Å². The van der Waals surface area contributed by atoms with Gasteiger partial charge in [0.15, 0.2) is 11.4 Å². The third-order valence-corrected chi connectivity index (χ3v) is 5.08. The molecule has 3 heterocycles. The molecular formula is C24H24N4O2. The first-order valence-electron chi connectivity index (χ1n) is 9.92. The molecule has 0 unspecified atom stereocenters. The van der Waals surface area contributed by atoms with Gasteiger partial charge in [-0.15, -0.1) is 0 Å². The Kier molecular flexibility index (Phi) is 5.75. The Balaban J connectivity index is 1.68. The molecule has 0 atom stereocenters. The number of aryl methyl sites for hydroxylation is 1. The first-order chi connectivity index (χ1) is 14.7. The van der Waals surface area contributed by atoms with Gasteiger partial charge in [-0.1, -0.05) is 36.4 Å². The van der Waals surface area contributed by atoms with Crippen molar-refractivity contribution in [2.24, 2.45) is 0 Å². The van der Waals surface area contributed by atoms with Gasteiger partial charge in [0.05, 0.1) is 12.8 Å². The second-order valence-electron chi connectivity index (χ2n) is 7.10. The van der Waals surface area contributed by atoms with Crippen molar-refractivity contribution in [2.75, 3.05) is 13.7 Å². The standard InChI is InChI=1S/C24H24N4O2/c1-18-22(28-15-8-12-21(30-2)23(28)26-18)24(29)27(17-19-9-4-3-5-10-19)16-13-20-11-6-7-14-25-20/h3-12,14-15H,13,16-17H2,1-2H3. The van der Waals surface area contributed by atoms with E-state index < -0.39 is 0 Å². The highest BCUT2D eigenvalue weighted by atomic mass is 16.5. The van der Waals surface area contributed by atoms with Gasteiger partial charge in [0.25, 0.3) is 5.91 Å². The normalized spacial score (nSPS) is 10.9. The molecule has 0 aliphatic heterocycles. The molecule has 6 heteroatoms. The number of pyridine rings is 2. The van der Waals surface area contributed by atoms with Crippen molar-refractivity contribution >= 4 is 11.6 Å². The number of rotatable bonds is 7. The maximum Gasteiger partial charge on any atom is 0.273 e. The molecule has 0 fully saturated rings. The van der Waals surface area contributed by atoms with E-state index in [-0.39, 0.29) is 5.91 Å². The molecule has 6 nitrogen and oxygen atoms in total. The number of aromatic nitrogens is 3. The Labute approximate surface area is 175 Å². The minimum Gasteiger partial charge on any atom is -0.493 e. The molecule has 0 saturated heterocycles. The molecule has 1 amide bonds. The quantitative estimate of drug-likeness (QED) is 0.472. The van der Waals surface area contributed by atoms with Crippen molar-refractivity contribution in [3.8, 4) is 5.75 Å². The molecule has 30 heavy (non-hydrogen) atoms. The SMILES string of the molecule is COc1cccn2c(C(=O)N(CCc3ccccn3)Cc3ccccc3)c(C)nc12. The third-order valence-electron chi connectivity index (χ3n) is 5.08. The van der Waals surface area contributed by atoms with E-state index in [0.717, 1.165) is 11.3 Å². The number of imidazole rings is 1. The van der Waals surface area contributed by atoms with Crippen LogP contribution in [0.3, 0.4) is 0 Å². The monoisotopic (exact) mass is 400 g/mol. The number of benzene rings is 1. The maximum atomic E-state index is 13.7. The molecule has 0 N–H and O–H groups in total. The van der Waals surface area contributed by atoms with Gasteiger partial charge in [-0.05, 0) is 36.8 Å². The van der Waals surface area contributed by atoms with Crippen LogP contribution in [0.25, 0.3) is 5.65 Å². The van der Waals surface area contributed by atoms with Crippen molar-refractivity contribution in [2.45, 2.75) is 19.9 Å². The van der Waals surface area contributed by atoms with Crippen LogP contribution in [-0.4, -0.2) is 38.8 Å². The second kappa shape index (κ2) is 8.78. The van der Waals surface area contributed by atoms with Gasteiger partial charge in [0, 0.05) is 37.6 Å². The summed E-state index contributed by atoms with van der Waals surface area (Å²) in [5, 5.41) is 0. The highest BCUT2D eigenvalue weighted by Gasteiger charge is 2.24. The molecule has 3 aromatic heterocycles. The lowest BCUT2D eigenvalue weighted by molar-refractivity contribution is 0.0737. The fourth-order valence-electron chi connectivity index (χ4n) is 3.57. The average Bonchev–Trinajstić information content (AvgIpc) is 3.13. The summed E-state index contributed by atoms with van der Waals surface area (Å²) in [6, 6.07) is 19.6. The molecule has 0 spiro atoms. The Hall–Kier alpha value is -3.67. The van der Waals surface area contributed by atoms with Crippen LogP contribution in [0.2, 0.25) is 0 Å². The van der Waals surface area contributed by atoms with Crippen LogP contribution in [-0.2, 0) is 13.0 Å². The fraction of sp³-hybridized carbons (Fsp3) is 0.208. The van der Waals surface area contributed by atoms with Crippen molar-refractivity contribution in [1.29, 1.82) is 0 Å². The number of hydrogen-bond acceptors (Lipinski definition) is 4. The van der Waals surface area contributed by atoms with Crippen molar-refractivity contribution in [3.05, 3.63) is 95.7 Å². The van der Waals surface area contributed by atoms with E-state index >= 15 is 0 Å². The summed E-state index contributed by atoms with van der Waals surface area (Å²) in [6.45, 7) is 2.93. The first kappa shape index (κ1) is 19.6. The van der Waals surface area contributed by atoms with Crippen LogP contribution in [0, 0.1) is 6.92 Å². The molecule has 1 aromatic carbocycles. The third kappa shape index (κ3) is 4.03. The van der Waals surface area contributed by atoms with Crippen molar-refractivity contribution in [1.82, 2.24) is 19.3 Å². The first-order valence-corrected chi connectivity index (χ1v) is 9.92. The van der Waals surface area contributed by atoms with E-state index in [0.29, 0.717) is 42.3 Å². The minimum atomic E-state index is -0.0620. The molecular weight excluding hydrogens is 376 g/mol. The molecule has 0 radical (unpaired) electrons. The van der Waals surface area contributed by atoms with Crippen LogP contribution in [0.5, 0.6) is 5.75 Å². The van der Waals surface area contributed by atoms with E-state index in [4.69, 9.17) is 4.74 Å². The number of ether oxygens (including phenoxy) is 1. The van der Waals surface area contributed by atoms with Gasteiger partial charge in [-0.3, -0.25) is 14.2 Å². The summed E-state index contributed by atoms with van der Waals surface area (Å²) < 4.78 is 7.24. The van der Waals surface area contributed by atoms with Gasteiger partial charge in [-0.2, -0.15) is 0 Å². The van der Waals surface area contributed by atoms with E-state index in [1.165, 1.54) is 0 Å². The lowest BCUT2D eigenvalue weighted by Crippen LogP contribution is -2.34. The molecule has 0 aliphatic rings. The number of amides is 1. The molecule has 0 bridgehead atoms. The number of carbonyl (C=O) groups excluding carboxylic acids is 1. The number of carbonyl (C=O) groups is 1. The largest absolute Gasteiger partial charge is 0.493 e. The van der Waals surface area contributed by atoms with E-state index in [1.807, 2.05) is 83.1 Å². The summed E-state index contributed by atoms with van der Waals surface area (Å²) in [6.07, 6.45) is 4.31. The summed E-state index contributed by atoms with van der Waals surface area (Å²) in [5.41, 5.74) is 3.92. The number of methoxy groups -OCH3 is 1. The zero-order valence-electron chi connectivity index (χ0n) is 17.2. The lowest BCUT2D eigenvalue weighted by atomic mass is 10.1. The van der Waals surface area contributed by atoms with E-state index in [9.17, 15) is 4.79 Å². The molecule has 4 aromatic rings. The van der Waals surface area contributed by atoms with Gasteiger partial charge in [0.2, 0.25) is 0 Å². The minimum absolute atomic E-state index is 0.0620. The predicted octanol–water partition coefficient (Wildman–Crippen LogP) is 3.93. The highest BCUT2D eigenvalue weighted by molar-refractivity contribution is 5.95. The summed E-state index contributed by atoms with van der Waals surface area (Å²) in [7, 11) is 1.61. The number of hydrogen-bond donors (Lipinski definition) is 0. The second-order valence-corrected chi connectivity index (χ2v) is 7.10. The molecule has 0 aliphatic carbocycles. The Morgan fingerprint density at radius 3 is 2.60 bits per heavy atom. The molecule has 152 valence electrons. The predicted molar refractivity (Wildman–Crippen MR) is 116 cm³/mol.